The van der Waals surface area contributed by atoms with Crippen molar-refractivity contribution in [2.45, 2.75) is 19.9 Å². The van der Waals surface area contributed by atoms with Gasteiger partial charge in [0.1, 0.15) is 0 Å². The third-order valence-electron chi connectivity index (χ3n) is 2.62. The Morgan fingerprint density at radius 3 is 2.35 bits per heavy atom. The maximum atomic E-state index is 4.52. The molecule has 2 nitrogen and oxygen atoms in total. The van der Waals surface area contributed by atoms with Crippen molar-refractivity contribution >= 4 is 46.9 Å². The third kappa shape index (κ3) is 7.15. The summed E-state index contributed by atoms with van der Waals surface area (Å²) in [7, 11) is 1.19. The Morgan fingerprint density at radius 1 is 1.10 bits per heavy atom. The predicted octanol–water partition coefficient (Wildman–Crippen LogP) is 5.34. The summed E-state index contributed by atoms with van der Waals surface area (Å²) in [6.07, 6.45) is 1.84. The fourth-order valence-electron chi connectivity index (χ4n) is 1.64. The Kier molecular flexibility index (Phi) is 9.67. The standard InChI is InChI=1S/C15H16N2.Fe.2HI/c1-12-7-6-10-15(17-12)11-16-13(2)14-8-4-3-5-9-14;;;/h3-11,13H,1-2H3;;2*1H/q;+2;;/p-2. The van der Waals surface area contributed by atoms with Crippen molar-refractivity contribution in [3.63, 3.8) is 0 Å². The van der Waals surface area contributed by atoms with Crippen molar-refractivity contribution in [3.8, 4) is 0 Å². The van der Waals surface area contributed by atoms with Crippen LogP contribution in [0.5, 0.6) is 0 Å². The van der Waals surface area contributed by atoms with Crippen LogP contribution in [0.3, 0.4) is 0 Å². The zero-order chi connectivity index (χ0) is 14.8. The van der Waals surface area contributed by atoms with Gasteiger partial charge in [0.2, 0.25) is 0 Å². The van der Waals surface area contributed by atoms with E-state index in [1.807, 2.05) is 49.5 Å². The van der Waals surface area contributed by atoms with Gasteiger partial charge in [0.15, 0.2) is 0 Å². The molecule has 0 aliphatic rings. The number of aromatic nitrogens is 1. The zero-order valence-corrected chi connectivity index (χ0v) is 16.7. The van der Waals surface area contributed by atoms with Crippen molar-refractivity contribution in [1.82, 2.24) is 4.98 Å². The monoisotopic (exact) mass is 534 g/mol. The molecular formula is C15H16FeI2N2. The molecule has 0 aliphatic carbocycles. The van der Waals surface area contributed by atoms with Crippen LogP contribution in [0.4, 0.5) is 0 Å². The van der Waals surface area contributed by atoms with Crippen LogP contribution < -0.4 is 0 Å². The van der Waals surface area contributed by atoms with Gasteiger partial charge in [-0.3, -0.25) is 9.98 Å². The first-order valence-corrected chi connectivity index (χ1v) is 13.2. The molecule has 0 N–H and O–H groups in total. The van der Waals surface area contributed by atoms with E-state index in [9.17, 15) is 0 Å². The normalized spacial score (nSPS) is 12.0. The molecule has 0 saturated heterocycles. The van der Waals surface area contributed by atoms with E-state index in [0.717, 1.165) is 11.4 Å². The minimum absolute atomic E-state index is 0.165. The Morgan fingerprint density at radius 2 is 1.75 bits per heavy atom. The summed E-state index contributed by atoms with van der Waals surface area (Å²) in [6.45, 7) is 4.07. The van der Waals surface area contributed by atoms with Gasteiger partial charge in [0.25, 0.3) is 0 Å². The fraction of sp³-hybridized carbons (Fsp3) is 0.200. The second-order valence-corrected chi connectivity index (χ2v) is 13.4. The van der Waals surface area contributed by atoms with Crippen LogP contribution in [0.25, 0.3) is 0 Å². The van der Waals surface area contributed by atoms with E-state index in [4.69, 9.17) is 0 Å². The number of pyridine rings is 1. The van der Waals surface area contributed by atoms with Gasteiger partial charge in [0, 0.05) is 11.9 Å². The molecule has 0 fully saturated rings. The summed E-state index contributed by atoms with van der Waals surface area (Å²) in [5.41, 5.74) is 3.14. The topological polar surface area (TPSA) is 25.2 Å². The number of hydrogen-bond acceptors (Lipinski definition) is 2. The molecule has 0 aliphatic heterocycles. The number of hydrogen-bond donors (Lipinski definition) is 0. The first kappa shape index (κ1) is 18.1. The van der Waals surface area contributed by atoms with Gasteiger partial charge >= 0.3 is 49.1 Å². The van der Waals surface area contributed by atoms with E-state index in [-0.39, 0.29) is 6.04 Å². The first-order valence-electron chi connectivity index (χ1n) is 6.04. The molecule has 1 aromatic heterocycles. The second-order valence-electron chi connectivity index (χ2n) is 4.12. The molecule has 5 heteroatoms. The minimum atomic E-state index is 0.165. The average Bonchev–Trinajstić information content (AvgIpc) is 2.47. The van der Waals surface area contributed by atoms with E-state index < -0.39 is 0 Å². The molecule has 108 valence electrons. The number of nitrogens with zero attached hydrogens (tertiary/aromatic N) is 2. The number of benzene rings is 1. The molecule has 0 bridgehead atoms. The predicted molar refractivity (Wildman–Crippen MR) is 99.5 cm³/mol. The van der Waals surface area contributed by atoms with Crippen LogP contribution in [0.1, 0.15) is 29.9 Å². The quantitative estimate of drug-likeness (QED) is 0.297. The van der Waals surface area contributed by atoms with Crippen LogP contribution in [0.2, 0.25) is 0 Å². The number of halogens is 2. The van der Waals surface area contributed by atoms with E-state index in [1.54, 1.807) is 0 Å². The maximum absolute atomic E-state index is 4.52. The molecule has 2 rings (SSSR count). The van der Waals surface area contributed by atoms with E-state index >= 15 is 0 Å². The van der Waals surface area contributed by atoms with Gasteiger partial charge in [0.05, 0.1) is 11.7 Å². The van der Waals surface area contributed by atoms with Crippen LogP contribution in [-0.4, -0.2) is 11.2 Å². The van der Waals surface area contributed by atoms with E-state index in [2.05, 4.69) is 69.7 Å². The summed E-state index contributed by atoms with van der Waals surface area (Å²) in [6, 6.07) is 16.4. The van der Waals surface area contributed by atoms with E-state index in [0.29, 0.717) is 0 Å². The van der Waals surface area contributed by atoms with Crippen LogP contribution in [0, 0.1) is 6.92 Å². The van der Waals surface area contributed by atoms with Crippen LogP contribution in [-0.2, 0) is 8.46 Å². The molecule has 1 atom stereocenters. The Labute approximate surface area is 149 Å². The van der Waals surface area contributed by atoms with Crippen LogP contribution in [0.15, 0.2) is 53.5 Å². The van der Waals surface area contributed by atoms with Gasteiger partial charge in [-0.1, -0.05) is 36.4 Å². The molecule has 0 amide bonds. The molecule has 0 saturated carbocycles. The zero-order valence-electron chi connectivity index (χ0n) is 11.3. The summed E-state index contributed by atoms with van der Waals surface area (Å²) in [5.74, 6) is 0. The molecule has 0 spiro atoms. The molecule has 0 radical (unpaired) electrons. The number of rotatable bonds is 3. The van der Waals surface area contributed by atoms with Crippen molar-refractivity contribution in [1.29, 1.82) is 0 Å². The fourth-order valence-corrected chi connectivity index (χ4v) is 1.64. The van der Waals surface area contributed by atoms with Gasteiger partial charge in [-0.05, 0) is 31.5 Å². The van der Waals surface area contributed by atoms with Gasteiger partial charge in [-0.25, -0.2) is 0 Å². The molecule has 20 heavy (non-hydrogen) atoms. The average molecular weight is 534 g/mol. The third-order valence-corrected chi connectivity index (χ3v) is 2.62. The summed E-state index contributed by atoms with van der Waals surface area (Å²) in [4.78, 5) is 8.91. The summed E-state index contributed by atoms with van der Waals surface area (Å²) in [5, 5.41) is 0. The number of aliphatic imine (C=N–C) groups is 1. The van der Waals surface area contributed by atoms with Gasteiger partial charge in [-0.2, -0.15) is 0 Å². The van der Waals surface area contributed by atoms with Gasteiger partial charge in [-0.15, -0.1) is 0 Å². The van der Waals surface area contributed by atoms with Crippen molar-refractivity contribution in [3.05, 3.63) is 65.5 Å². The first-order chi connectivity index (χ1) is 9.67. The SMILES string of the molecule is Cc1cccc(C=NC(C)c2ccccc2)n1.[I][Fe][I]. The van der Waals surface area contributed by atoms with Crippen LogP contribution >= 0.6 is 40.7 Å². The van der Waals surface area contributed by atoms with Crippen molar-refractivity contribution < 1.29 is 8.46 Å². The van der Waals surface area contributed by atoms with Gasteiger partial charge < -0.3 is 0 Å². The second kappa shape index (κ2) is 10.7. The summed E-state index contributed by atoms with van der Waals surface area (Å²) >= 11 is 4.55. The molecule has 1 unspecified atom stereocenters. The molecule has 1 heterocycles. The van der Waals surface area contributed by atoms with Crippen molar-refractivity contribution in [2.24, 2.45) is 4.99 Å². The van der Waals surface area contributed by atoms with Crippen molar-refractivity contribution in [2.75, 3.05) is 0 Å². The Balaban J connectivity index is 0.000000612. The Hall–Kier alpha value is 0.0195. The Bertz CT molecular complexity index is 532. The van der Waals surface area contributed by atoms with E-state index in [1.165, 1.54) is 14.0 Å². The molecule has 2 aromatic rings. The number of aryl methyl sites for hydroxylation is 1. The molecule has 1 aromatic carbocycles. The summed E-state index contributed by atoms with van der Waals surface area (Å²) < 4.78 is 0. The molecular weight excluding hydrogens is 518 g/mol.